The van der Waals surface area contributed by atoms with Gasteiger partial charge in [-0.05, 0) is 54.7 Å². The Morgan fingerprint density at radius 2 is 2.00 bits per heavy atom. The summed E-state index contributed by atoms with van der Waals surface area (Å²) in [5, 5.41) is 9.75. The standard InChI is InChI=1S/C23H29FN4O2/c1-30-22-7-4-17(12-20(22)24)15-26-18-5-6-21(28-10-8-25-9-11-28)19(13-18)23(29)27-14-16-2-3-16/h4-7,12-13,16,25-26H,2-3,8-11,14-15H2,1H3,(H,27,29). The van der Waals surface area contributed by atoms with Gasteiger partial charge in [-0.2, -0.15) is 0 Å². The molecule has 1 heterocycles. The van der Waals surface area contributed by atoms with Gasteiger partial charge in [0.2, 0.25) is 0 Å². The van der Waals surface area contributed by atoms with Crippen LogP contribution >= 0.6 is 0 Å². The Labute approximate surface area is 176 Å². The Balaban J connectivity index is 1.50. The highest BCUT2D eigenvalue weighted by Gasteiger charge is 2.24. The summed E-state index contributed by atoms with van der Waals surface area (Å²) in [4.78, 5) is 15.2. The zero-order chi connectivity index (χ0) is 20.9. The van der Waals surface area contributed by atoms with Gasteiger partial charge in [-0.1, -0.05) is 6.07 Å². The molecule has 0 unspecified atom stereocenters. The van der Waals surface area contributed by atoms with Gasteiger partial charge < -0.3 is 25.6 Å². The number of benzene rings is 2. The fourth-order valence-electron chi connectivity index (χ4n) is 3.69. The topological polar surface area (TPSA) is 65.6 Å². The van der Waals surface area contributed by atoms with Crippen LogP contribution in [0.2, 0.25) is 0 Å². The number of ether oxygens (including phenoxy) is 1. The third-order valence-electron chi connectivity index (χ3n) is 5.66. The summed E-state index contributed by atoms with van der Waals surface area (Å²) >= 11 is 0. The fourth-order valence-corrected chi connectivity index (χ4v) is 3.69. The van der Waals surface area contributed by atoms with Crippen molar-refractivity contribution in [1.82, 2.24) is 10.6 Å². The molecule has 0 radical (unpaired) electrons. The highest BCUT2D eigenvalue weighted by atomic mass is 19.1. The molecule has 2 aliphatic rings. The van der Waals surface area contributed by atoms with Crippen molar-refractivity contribution in [3.8, 4) is 5.75 Å². The highest BCUT2D eigenvalue weighted by molar-refractivity contribution is 6.01. The van der Waals surface area contributed by atoms with Crippen LogP contribution in [-0.4, -0.2) is 45.7 Å². The largest absolute Gasteiger partial charge is 0.494 e. The molecule has 1 saturated carbocycles. The summed E-state index contributed by atoms with van der Waals surface area (Å²) in [5.41, 5.74) is 3.29. The molecule has 1 amide bonds. The van der Waals surface area contributed by atoms with Crippen molar-refractivity contribution in [3.05, 3.63) is 53.3 Å². The minimum Gasteiger partial charge on any atom is -0.494 e. The van der Waals surface area contributed by atoms with Crippen LogP contribution in [0, 0.1) is 11.7 Å². The van der Waals surface area contributed by atoms with E-state index in [1.54, 1.807) is 6.07 Å². The van der Waals surface area contributed by atoms with Gasteiger partial charge in [-0.15, -0.1) is 0 Å². The van der Waals surface area contributed by atoms with Gasteiger partial charge >= 0.3 is 0 Å². The molecule has 2 aromatic carbocycles. The minimum absolute atomic E-state index is 0.0328. The number of rotatable bonds is 8. The quantitative estimate of drug-likeness (QED) is 0.622. The molecule has 7 heteroatoms. The van der Waals surface area contributed by atoms with Crippen molar-refractivity contribution in [2.75, 3.05) is 50.1 Å². The monoisotopic (exact) mass is 412 g/mol. The number of carbonyl (C=O) groups excluding carboxylic acids is 1. The van der Waals surface area contributed by atoms with Crippen molar-refractivity contribution in [2.24, 2.45) is 5.92 Å². The van der Waals surface area contributed by atoms with Crippen LogP contribution in [0.15, 0.2) is 36.4 Å². The number of amides is 1. The number of piperazine rings is 1. The van der Waals surface area contributed by atoms with Crippen molar-refractivity contribution in [1.29, 1.82) is 0 Å². The SMILES string of the molecule is COc1ccc(CNc2ccc(N3CCNCC3)c(C(=O)NCC3CC3)c2)cc1F. The first-order chi connectivity index (χ1) is 14.6. The fraction of sp³-hybridized carbons (Fsp3) is 0.435. The van der Waals surface area contributed by atoms with Crippen LogP contribution in [0.4, 0.5) is 15.8 Å². The van der Waals surface area contributed by atoms with Crippen molar-refractivity contribution in [2.45, 2.75) is 19.4 Å². The van der Waals surface area contributed by atoms with E-state index in [0.717, 1.165) is 49.7 Å². The second kappa shape index (κ2) is 9.34. The number of nitrogens with one attached hydrogen (secondary N) is 3. The molecule has 0 bridgehead atoms. The van der Waals surface area contributed by atoms with E-state index < -0.39 is 0 Å². The summed E-state index contributed by atoms with van der Waals surface area (Å²) in [7, 11) is 1.45. The smallest absolute Gasteiger partial charge is 0.253 e. The predicted molar refractivity (Wildman–Crippen MR) is 117 cm³/mol. The maximum absolute atomic E-state index is 13.9. The van der Waals surface area contributed by atoms with Crippen LogP contribution in [0.25, 0.3) is 0 Å². The predicted octanol–water partition coefficient (Wildman–Crippen LogP) is 3.00. The number of hydrogen-bond acceptors (Lipinski definition) is 5. The van der Waals surface area contributed by atoms with Gasteiger partial charge in [0.1, 0.15) is 0 Å². The number of anilines is 2. The molecular weight excluding hydrogens is 383 g/mol. The molecule has 2 aromatic rings. The number of halogens is 1. The molecule has 1 saturated heterocycles. The van der Waals surface area contributed by atoms with E-state index in [9.17, 15) is 9.18 Å². The number of hydrogen-bond donors (Lipinski definition) is 3. The number of methoxy groups -OCH3 is 1. The normalized spacial score (nSPS) is 16.3. The van der Waals surface area contributed by atoms with Gasteiger partial charge in [-0.25, -0.2) is 4.39 Å². The molecule has 0 spiro atoms. The Kier molecular flexibility index (Phi) is 6.38. The Morgan fingerprint density at radius 3 is 2.70 bits per heavy atom. The van der Waals surface area contributed by atoms with Gasteiger partial charge in [0.25, 0.3) is 5.91 Å². The summed E-state index contributed by atoms with van der Waals surface area (Å²) < 4.78 is 18.9. The molecule has 4 rings (SSSR count). The van der Waals surface area contributed by atoms with Gasteiger partial charge in [0.15, 0.2) is 11.6 Å². The van der Waals surface area contributed by atoms with E-state index in [1.165, 1.54) is 26.0 Å². The van der Waals surface area contributed by atoms with Crippen molar-refractivity contribution >= 4 is 17.3 Å². The Hall–Kier alpha value is -2.80. The first-order valence-electron chi connectivity index (χ1n) is 10.6. The zero-order valence-electron chi connectivity index (χ0n) is 17.3. The summed E-state index contributed by atoms with van der Waals surface area (Å²) in [6, 6.07) is 10.8. The van der Waals surface area contributed by atoms with Crippen LogP contribution in [0.1, 0.15) is 28.8 Å². The van der Waals surface area contributed by atoms with E-state index in [4.69, 9.17) is 4.74 Å². The zero-order valence-corrected chi connectivity index (χ0v) is 17.3. The maximum Gasteiger partial charge on any atom is 0.253 e. The molecule has 6 nitrogen and oxygen atoms in total. The van der Waals surface area contributed by atoms with E-state index in [1.807, 2.05) is 24.3 Å². The van der Waals surface area contributed by atoms with E-state index in [2.05, 4.69) is 20.9 Å². The first kappa shape index (κ1) is 20.5. The van der Waals surface area contributed by atoms with E-state index >= 15 is 0 Å². The Morgan fingerprint density at radius 1 is 1.20 bits per heavy atom. The number of carbonyl (C=O) groups is 1. The van der Waals surface area contributed by atoms with Crippen LogP contribution < -0.4 is 25.6 Å². The molecule has 0 aromatic heterocycles. The van der Waals surface area contributed by atoms with Crippen LogP contribution in [0.5, 0.6) is 5.75 Å². The van der Waals surface area contributed by atoms with Gasteiger partial charge in [0.05, 0.1) is 12.7 Å². The highest BCUT2D eigenvalue weighted by Crippen LogP contribution is 2.29. The molecule has 3 N–H and O–H groups in total. The Bertz CT molecular complexity index is 895. The van der Waals surface area contributed by atoms with Gasteiger partial charge in [0, 0.05) is 50.6 Å². The minimum atomic E-state index is -0.383. The third kappa shape index (κ3) is 5.02. The van der Waals surface area contributed by atoms with E-state index in [-0.39, 0.29) is 17.5 Å². The van der Waals surface area contributed by atoms with Gasteiger partial charge in [-0.3, -0.25) is 4.79 Å². The molecule has 160 valence electrons. The summed E-state index contributed by atoms with van der Waals surface area (Å²) in [5.74, 6) is 0.442. The molecule has 2 fully saturated rings. The molecule has 1 aliphatic carbocycles. The maximum atomic E-state index is 13.9. The lowest BCUT2D eigenvalue weighted by Gasteiger charge is -2.31. The summed E-state index contributed by atoms with van der Waals surface area (Å²) in [6.07, 6.45) is 2.40. The lowest BCUT2D eigenvalue weighted by atomic mass is 10.1. The molecule has 30 heavy (non-hydrogen) atoms. The second-order valence-corrected chi connectivity index (χ2v) is 7.94. The van der Waals surface area contributed by atoms with Crippen LogP contribution in [0.3, 0.4) is 0 Å². The molecule has 0 atom stereocenters. The number of nitrogens with zero attached hydrogens (tertiary/aromatic N) is 1. The lowest BCUT2D eigenvalue weighted by Crippen LogP contribution is -2.44. The second-order valence-electron chi connectivity index (χ2n) is 7.94. The lowest BCUT2D eigenvalue weighted by molar-refractivity contribution is 0.0952. The molecular formula is C23H29FN4O2. The molecule has 1 aliphatic heterocycles. The third-order valence-corrected chi connectivity index (χ3v) is 5.66. The average Bonchev–Trinajstić information content (AvgIpc) is 3.61. The van der Waals surface area contributed by atoms with E-state index in [0.29, 0.717) is 18.0 Å². The van der Waals surface area contributed by atoms with Crippen molar-refractivity contribution < 1.29 is 13.9 Å². The average molecular weight is 413 g/mol. The summed E-state index contributed by atoms with van der Waals surface area (Å²) in [6.45, 7) is 4.76. The van der Waals surface area contributed by atoms with Crippen molar-refractivity contribution in [3.63, 3.8) is 0 Å². The first-order valence-corrected chi connectivity index (χ1v) is 10.6. The van der Waals surface area contributed by atoms with Crippen LogP contribution in [-0.2, 0) is 6.54 Å².